The summed E-state index contributed by atoms with van der Waals surface area (Å²) in [6, 6.07) is 5.53. The number of nitrogens with zero attached hydrogens (tertiary/aromatic N) is 1. The second-order valence-electron chi connectivity index (χ2n) is 8.92. The molecule has 3 rings (SSSR count). The maximum Gasteiger partial charge on any atom is 0.326 e. The van der Waals surface area contributed by atoms with E-state index in [0.29, 0.717) is 24.3 Å². The number of nitrogens with one attached hydrogen (secondary N) is 5. The van der Waals surface area contributed by atoms with Crippen LogP contribution in [0.2, 0.25) is 0 Å². The van der Waals surface area contributed by atoms with Gasteiger partial charge in [-0.1, -0.05) is 30.3 Å². The summed E-state index contributed by atoms with van der Waals surface area (Å²) in [4.78, 5) is 58.0. The molecule has 0 saturated carbocycles. The maximum atomic E-state index is 13.3. The van der Waals surface area contributed by atoms with Crippen molar-refractivity contribution < 1.29 is 24.3 Å². The molecule has 2 heterocycles. The molecule has 6 N–H and O–H groups in total. The van der Waals surface area contributed by atoms with Crippen LogP contribution in [-0.4, -0.2) is 81.5 Å². The van der Waals surface area contributed by atoms with Crippen molar-refractivity contribution in [3.05, 3.63) is 54.1 Å². The Kier molecular flexibility index (Phi) is 11.0. The van der Waals surface area contributed by atoms with Crippen molar-refractivity contribution in [1.82, 2.24) is 31.2 Å². The zero-order valence-corrected chi connectivity index (χ0v) is 21.6. The van der Waals surface area contributed by atoms with Crippen molar-refractivity contribution in [3.8, 4) is 0 Å². The number of amides is 3. The van der Waals surface area contributed by atoms with Crippen LogP contribution in [0.3, 0.4) is 0 Å². The summed E-state index contributed by atoms with van der Waals surface area (Å²) in [5.41, 5.74) is 1.35. The van der Waals surface area contributed by atoms with Crippen LogP contribution < -0.4 is 21.3 Å². The van der Waals surface area contributed by atoms with Gasteiger partial charge < -0.3 is 31.4 Å². The number of carbonyl (C=O) groups is 4. The van der Waals surface area contributed by atoms with Gasteiger partial charge >= 0.3 is 5.97 Å². The monoisotopic (exact) mass is 530 g/mol. The van der Waals surface area contributed by atoms with Crippen LogP contribution in [0, 0.1) is 0 Å². The Morgan fingerprint density at radius 2 is 1.78 bits per heavy atom. The minimum absolute atomic E-state index is 0.0720. The minimum Gasteiger partial charge on any atom is -0.480 e. The largest absolute Gasteiger partial charge is 0.480 e. The predicted octanol–water partition coefficient (Wildman–Crippen LogP) is 0.239. The summed E-state index contributed by atoms with van der Waals surface area (Å²) >= 11 is 1.54. The zero-order chi connectivity index (χ0) is 26.6. The van der Waals surface area contributed by atoms with E-state index in [0.717, 1.165) is 18.5 Å². The zero-order valence-electron chi connectivity index (χ0n) is 20.7. The number of benzene rings is 1. The van der Waals surface area contributed by atoms with Gasteiger partial charge in [-0.25, -0.2) is 9.78 Å². The van der Waals surface area contributed by atoms with Gasteiger partial charge in [-0.3, -0.25) is 14.4 Å². The smallest absolute Gasteiger partial charge is 0.326 e. The first-order valence-corrected chi connectivity index (χ1v) is 13.6. The first-order chi connectivity index (χ1) is 17.9. The number of carboxylic acid groups (broad SMARTS) is 1. The molecule has 1 saturated heterocycles. The first-order valence-electron chi connectivity index (χ1n) is 12.2. The molecule has 0 spiro atoms. The Labute approximate surface area is 220 Å². The van der Waals surface area contributed by atoms with Crippen molar-refractivity contribution in [1.29, 1.82) is 0 Å². The topological polar surface area (TPSA) is 165 Å². The predicted molar refractivity (Wildman–Crippen MR) is 140 cm³/mol. The number of rotatable bonds is 14. The molecule has 1 aromatic carbocycles. The lowest BCUT2D eigenvalue weighted by atomic mass is 10.0. The fourth-order valence-corrected chi connectivity index (χ4v) is 4.58. The molecule has 11 nitrogen and oxygen atoms in total. The number of aromatic amines is 1. The summed E-state index contributed by atoms with van der Waals surface area (Å²) in [5.74, 6) is -1.94. The van der Waals surface area contributed by atoms with Crippen LogP contribution in [0.15, 0.2) is 42.9 Å². The summed E-state index contributed by atoms with van der Waals surface area (Å²) < 4.78 is 0. The number of aromatic nitrogens is 2. The van der Waals surface area contributed by atoms with E-state index in [4.69, 9.17) is 0 Å². The molecule has 4 unspecified atom stereocenters. The minimum atomic E-state index is -1.18. The quantitative estimate of drug-likeness (QED) is 0.202. The number of thioether (sulfide) groups is 1. The summed E-state index contributed by atoms with van der Waals surface area (Å²) in [5, 5.41) is 20.9. The van der Waals surface area contributed by atoms with Crippen molar-refractivity contribution in [2.45, 2.75) is 56.3 Å². The molecule has 1 aliphatic rings. The van der Waals surface area contributed by atoms with E-state index < -0.39 is 35.9 Å². The molecule has 0 aliphatic carbocycles. The number of carboxylic acids is 1. The lowest BCUT2D eigenvalue weighted by Crippen LogP contribution is -2.58. The molecule has 4 atom stereocenters. The molecule has 0 bridgehead atoms. The van der Waals surface area contributed by atoms with Crippen molar-refractivity contribution in [3.63, 3.8) is 0 Å². The SMILES string of the molecule is CSCCC(NC(=O)C1CCCN1)C(=O)NC(Cc1cnc[nH]1)C(=O)NC(Cc1ccccc1)C(=O)O. The highest BCUT2D eigenvalue weighted by atomic mass is 32.2. The van der Waals surface area contributed by atoms with Gasteiger partial charge in [0.2, 0.25) is 17.7 Å². The molecular formula is C25H34N6O5S. The third kappa shape index (κ3) is 8.90. The van der Waals surface area contributed by atoms with Crippen LogP contribution in [-0.2, 0) is 32.0 Å². The third-order valence-corrected chi connectivity index (χ3v) is 6.77. The Bertz CT molecular complexity index is 1030. The Morgan fingerprint density at radius 3 is 2.41 bits per heavy atom. The molecule has 2 aromatic rings. The van der Waals surface area contributed by atoms with Crippen LogP contribution in [0.1, 0.15) is 30.5 Å². The highest BCUT2D eigenvalue weighted by Crippen LogP contribution is 2.09. The average Bonchev–Trinajstić information content (AvgIpc) is 3.61. The molecule has 1 aromatic heterocycles. The molecule has 12 heteroatoms. The standard InChI is InChI=1S/C25H34N6O5S/c1-37-11-9-19(29-22(32)18-8-5-10-27-18)23(33)30-20(13-17-14-26-15-28-17)24(34)31-21(25(35)36)12-16-6-3-2-4-7-16/h2-4,6-7,14-15,18-21,27H,5,8-13H2,1H3,(H,26,28)(H,29,32)(H,30,33)(H,31,34)(H,35,36). The van der Waals surface area contributed by atoms with Gasteiger partial charge in [0, 0.05) is 24.7 Å². The lowest BCUT2D eigenvalue weighted by molar-refractivity contribution is -0.142. The van der Waals surface area contributed by atoms with Gasteiger partial charge in [-0.05, 0) is 43.4 Å². The van der Waals surface area contributed by atoms with Crippen molar-refractivity contribution in [2.24, 2.45) is 0 Å². The lowest BCUT2D eigenvalue weighted by Gasteiger charge is -2.25. The fraction of sp³-hybridized carbons (Fsp3) is 0.480. The Morgan fingerprint density at radius 1 is 1.05 bits per heavy atom. The van der Waals surface area contributed by atoms with E-state index in [9.17, 15) is 24.3 Å². The highest BCUT2D eigenvalue weighted by Gasteiger charge is 2.31. The average molecular weight is 531 g/mol. The van der Waals surface area contributed by atoms with Crippen molar-refractivity contribution in [2.75, 3.05) is 18.6 Å². The van der Waals surface area contributed by atoms with E-state index in [-0.39, 0.29) is 24.8 Å². The van der Waals surface area contributed by atoms with E-state index in [1.807, 2.05) is 12.3 Å². The normalized spacial score (nSPS) is 17.4. The molecule has 0 radical (unpaired) electrons. The van der Waals surface area contributed by atoms with Gasteiger partial charge in [-0.15, -0.1) is 0 Å². The second-order valence-corrected chi connectivity index (χ2v) is 9.91. The van der Waals surface area contributed by atoms with Crippen LogP contribution in [0.5, 0.6) is 0 Å². The summed E-state index contributed by atoms with van der Waals surface area (Å²) in [6.07, 6.45) is 7.03. The van der Waals surface area contributed by atoms with Gasteiger partial charge in [0.25, 0.3) is 0 Å². The summed E-state index contributed by atoms with van der Waals surface area (Å²) in [7, 11) is 0. The van der Waals surface area contributed by atoms with Crippen LogP contribution >= 0.6 is 11.8 Å². The Balaban J connectivity index is 1.72. The van der Waals surface area contributed by atoms with E-state index >= 15 is 0 Å². The van der Waals surface area contributed by atoms with E-state index in [1.54, 1.807) is 36.0 Å². The molecule has 1 aliphatic heterocycles. The van der Waals surface area contributed by atoms with Crippen molar-refractivity contribution >= 4 is 35.5 Å². The van der Waals surface area contributed by atoms with Gasteiger partial charge in [-0.2, -0.15) is 11.8 Å². The van der Waals surface area contributed by atoms with E-state index in [1.165, 1.54) is 12.5 Å². The highest BCUT2D eigenvalue weighted by molar-refractivity contribution is 7.98. The fourth-order valence-electron chi connectivity index (χ4n) is 4.11. The number of imidazole rings is 1. The number of carbonyl (C=O) groups excluding carboxylic acids is 3. The van der Waals surface area contributed by atoms with Gasteiger partial charge in [0.1, 0.15) is 18.1 Å². The molecule has 37 heavy (non-hydrogen) atoms. The molecule has 200 valence electrons. The first kappa shape index (κ1) is 28.2. The third-order valence-electron chi connectivity index (χ3n) is 6.13. The second kappa shape index (κ2) is 14.4. The maximum absolute atomic E-state index is 13.3. The van der Waals surface area contributed by atoms with Gasteiger partial charge in [0.05, 0.1) is 12.4 Å². The number of H-pyrrole nitrogens is 1. The van der Waals surface area contributed by atoms with Crippen LogP contribution in [0.4, 0.5) is 0 Å². The molecule has 1 fully saturated rings. The van der Waals surface area contributed by atoms with Crippen LogP contribution in [0.25, 0.3) is 0 Å². The van der Waals surface area contributed by atoms with E-state index in [2.05, 4.69) is 31.2 Å². The number of hydrogen-bond acceptors (Lipinski definition) is 7. The molecule has 3 amide bonds. The van der Waals surface area contributed by atoms with Gasteiger partial charge in [0.15, 0.2) is 0 Å². The Hall–Kier alpha value is -3.38. The number of hydrogen-bond donors (Lipinski definition) is 6. The summed E-state index contributed by atoms with van der Waals surface area (Å²) in [6.45, 7) is 0.750. The number of aliphatic carboxylic acids is 1. The molecular weight excluding hydrogens is 496 g/mol.